The van der Waals surface area contributed by atoms with E-state index in [1.165, 1.54) is 11.1 Å². The maximum atomic E-state index is 7.33. The molecule has 13 heteroatoms. The summed E-state index contributed by atoms with van der Waals surface area (Å²) >= 11 is 2.54. The van der Waals surface area contributed by atoms with Gasteiger partial charge in [0.25, 0.3) is 0 Å². The zero-order chi connectivity index (χ0) is 54.6. The monoisotopic (exact) mass is 1200 g/mol. The molecule has 0 spiro atoms. The van der Waals surface area contributed by atoms with Crippen molar-refractivity contribution in [3.63, 3.8) is 0 Å². The summed E-state index contributed by atoms with van der Waals surface area (Å²) in [5, 5.41) is 0. The van der Waals surface area contributed by atoms with Gasteiger partial charge in [0.2, 0.25) is 0 Å². The van der Waals surface area contributed by atoms with E-state index in [1.807, 2.05) is 170 Å². The van der Waals surface area contributed by atoms with Gasteiger partial charge in [0.05, 0.1) is 5.56 Å². The Labute approximate surface area is 473 Å². The van der Waals surface area contributed by atoms with E-state index in [2.05, 4.69) is 122 Å². The fraction of sp³-hybridized carbons (Fsp3) is 0.250. The first kappa shape index (κ1) is 57.2. The van der Waals surface area contributed by atoms with Crippen molar-refractivity contribution in [1.29, 1.82) is 0 Å². The highest BCUT2D eigenvalue weighted by Gasteiger charge is 2.33. The van der Waals surface area contributed by atoms with Crippen LogP contribution in [0.15, 0.2) is 200 Å². The highest BCUT2D eigenvalue weighted by molar-refractivity contribution is 14.1. The minimum Gasteiger partial charge on any atom is -0.409 e. The van der Waals surface area contributed by atoms with Gasteiger partial charge in [-0.2, -0.15) is 0 Å². The summed E-state index contributed by atoms with van der Waals surface area (Å²) in [6, 6.07) is 64.1. The van der Waals surface area contributed by atoms with Crippen LogP contribution in [0.25, 0.3) is 11.1 Å². The summed E-state index contributed by atoms with van der Waals surface area (Å²) in [7, 11) is -6.56. The van der Waals surface area contributed by atoms with Crippen molar-refractivity contribution in [2.75, 3.05) is 0 Å². The molecule has 0 aromatic heterocycles. The molecule has 0 N–H and O–H groups in total. The second kappa shape index (κ2) is 26.1. The Bertz CT molecular complexity index is 3050. The van der Waals surface area contributed by atoms with E-state index in [4.69, 9.17) is 40.7 Å². The maximum Gasteiger partial charge on any atom is 0.530 e. The zero-order valence-corrected chi connectivity index (χ0v) is 50.3. The molecular weight excluding hydrogens is 1130 g/mol. The van der Waals surface area contributed by atoms with Gasteiger partial charge in [0.1, 0.15) is 51.7 Å². The molecule has 0 radical (unpaired) electrons. The van der Waals surface area contributed by atoms with Crippen LogP contribution < -0.4 is 40.7 Å². The van der Waals surface area contributed by atoms with Crippen LogP contribution in [0.3, 0.4) is 0 Å². The molecule has 8 aromatic carbocycles. The number of hydrogen-bond donors (Lipinski definition) is 0. The fourth-order valence-electron chi connectivity index (χ4n) is 7.93. The number of benzene rings is 8. The topological polar surface area (TPSA) is 83.1 Å². The first-order valence-electron chi connectivity index (χ1n) is 25.8. The van der Waals surface area contributed by atoms with Gasteiger partial charge in [-0.1, -0.05) is 220 Å². The van der Waals surface area contributed by atoms with Crippen molar-refractivity contribution in [3.05, 3.63) is 222 Å². The molecule has 0 aliphatic rings. The SMILES string of the molecule is CCCC(I)c1cc(C(C)(C)C)ccc1OP(Oc1ccc(C(C)(C)C)cc1C(C)(C)C)Oc1cccc(OP(Oc2ccccc2)Oc2ccccc2)c1-c1ccccc1OP(Oc1ccccc1)Oc1ccccc1. The third-order valence-corrected chi connectivity index (χ3v) is 16.6. The van der Waals surface area contributed by atoms with E-state index in [1.54, 1.807) is 0 Å². The van der Waals surface area contributed by atoms with Gasteiger partial charge in [-0.15, -0.1) is 0 Å². The van der Waals surface area contributed by atoms with E-state index < -0.39 is 25.8 Å². The third kappa shape index (κ3) is 16.0. The smallest absolute Gasteiger partial charge is 0.409 e. The average Bonchev–Trinajstić information content (AvgIpc) is 3.40. The van der Waals surface area contributed by atoms with E-state index in [9.17, 15) is 0 Å². The number of para-hydroxylation sites is 5. The van der Waals surface area contributed by atoms with Crippen LogP contribution >= 0.6 is 48.4 Å². The van der Waals surface area contributed by atoms with Crippen LogP contribution in [0, 0.1) is 0 Å². The first-order chi connectivity index (χ1) is 36.9. The molecule has 0 bridgehead atoms. The zero-order valence-electron chi connectivity index (χ0n) is 45.4. The molecule has 77 heavy (non-hydrogen) atoms. The molecule has 0 aliphatic carbocycles. The second-order valence-electron chi connectivity index (χ2n) is 21.3. The van der Waals surface area contributed by atoms with Gasteiger partial charge in [0, 0.05) is 20.6 Å². The predicted octanol–water partition coefficient (Wildman–Crippen LogP) is 20.8. The van der Waals surface area contributed by atoms with Crippen molar-refractivity contribution >= 4 is 48.4 Å². The van der Waals surface area contributed by atoms with Crippen LogP contribution in [-0.2, 0) is 16.2 Å². The Hall–Kier alpha value is -6.02. The van der Waals surface area contributed by atoms with Crippen molar-refractivity contribution in [1.82, 2.24) is 0 Å². The third-order valence-electron chi connectivity index (χ3n) is 12.1. The van der Waals surface area contributed by atoms with E-state index in [0.717, 1.165) is 24.0 Å². The molecule has 0 saturated carbocycles. The number of alkyl halides is 1. The maximum absolute atomic E-state index is 7.33. The largest absolute Gasteiger partial charge is 0.530 e. The molecule has 0 amide bonds. The summed E-state index contributed by atoms with van der Waals surface area (Å²) in [6.45, 7) is 22.1. The molecular formula is C64H68IO9P3. The van der Waals surface area contributed by atoms with Crippen LogP contribution in [0.5, 0.6) is 51.7 Å². The van der Waals surface area contributed by atoms with Crippen LogP contribution in [-0.4, -0.2) is 0 Å². The Kier molecular flexibility index (Phi) is 19.4. The van der Waals surface area contributed by atoms with Crippen molar-refractivity contribution < 1.29 is 40.7 Å². The summed E-state index contributed by atoms with van der Waals surface area (Å²) in [4.78, 5) is 0. The summed E-state index contributed by atoms with van der Waals surface area (Å²) in [5.74, 6) is 4.80. The Morgan fingerprint density at radius 1 is 0.364 bits per heavy atom. The van der Waals surface area contributed by atoms with Crippen LogP contribution in [0.4, 0.5) is 0 Å². The van der Waals surface area contributed by atoms with Crippen LogP contribution in [0.2, 0.25) is 0 Å². The lowest BCUT2D eigenvalue weighted by atomic mass is 9.80. The number of hydrogen-bond acceptors (Lipinski definition) is 9. The molecule has 0 aliphatic heterocycles. The van der Waals surface area contributed by atoms with Gasteiger partial charge in [-0.3, -0.25) is 0 Å². The van der Waals surface area contributed by atoms with E-state index >= 15 is 0 Å². The normalized spacial score (nSPS) is 12.6. The highest BCUT2D eigenvalue weighted by Crippen LogP contribution is 2.56. The predicted molar refractivity (Wildman–Crippen MR) is 325 cm³/mol. The molecule has 0 saturated heterocycles. The lowest BCUT2D eigenvalue weighted by molar-refractivity contribution is 0.376. The number of halogens is 1. The quantitative estimate of drug-likeness (QED) is 0.0374. The molecule has 0 fully saturated rings. The van der Waals surface area contributed by atoms with Gasteiger partial charge < -0.3 is 40.7 Å². The molecule has 8 aromatic rings. The molecule has 2 unspecified atom stereocenters. The van der Waals surface area contributed by atoms with Gasteiger partial charge in [-0.05, 0) is 113 Å². The summed E-state index contributed by atoms with van der Waals surface area (Å²) in [6.07, 6.45) is 1.96. The Morgan fingerprint density at radius 2 is 0.727 bits per heavy atom. The summed E-state index contributed by atoms with van der Waals surface area (Å²) in [5.41, 5.74) is 5.09. The van der Waals surface area contributed by atoms with Gasteiger partial charge >= 0.3 is 25.8 Å². The van der Waals surface area contributed by atoms with E-state index in [0.29, 0.717) is 62.9 Å². The number of rotatable bonds is 22. The Morgan fingerprint density at radius 3 is 1.17 bits per heavy atom. The Balaban J connectivity index is 1.30. The lowest BCUT2D eigenvalue weighted by Gasteiger charge is -2.29. The lowest BCUT2D eigenvalue weighted by Crippen LogP contribution is -2.18. The van der Waals surface area contributed by atoms with Crippen molar-refractivity contribution in [3.8, 4) is 62.9 Å². The molecule has 2 atom stereocenters. The highest BCUT2D eigenvalue weighted by atomic mass is 127. The molecule has 9 nitrogen and oxygen atoms in total. The average molecular weight is 1200 g/mol. The van der Waals surface area contributed by atoms with Crippen LogP contribution in [0.1, 0.15) is 108 Å². The van der Waals surface area contributed by atoms with Gasteiger partial charge in [0.15, 0.2) is 0 Å². The van der Waals surface area contributed by atoms with E-state index in [-0.39, 0.29) is 20.2 Å². The summed E-state index contributed by atoms with van der Waals surface area (Å²) < 4.78 is 61.9. The van der Waals surface area contributed by atoms with Gasteiger partial charge in [-0.25, -0.2) is 0 Å². The minimum atomic E-state index is -2.29. The standard InChI is InChI=1S/C64H68IO9P3/c1-11-27-55(65)53-44-46(62(2,3)4)40-42-57(53)71-77(72-58-43-41-47(63(5,6)7)45-54(58)64(8,9)10)74-60-39-26-38-59(73-76(68-50-32-20-14-21-33-50)69-51-34-22-15-23-35-51)61(60)52-36-24-25-37-56(52)70-75(66-48-28-16-12-17-29-48)67-49-30-18-13-19-31-49/h12-26,28-45,55H,11,27H2,1-10H3. The molecule has 0 heterocycles. The second-order valence-corrected chi connectivity index (χ2v) is 25.8. The first-order valence-corrected chi connectivity index (χ1v) is 30.3. The van der Waals surface area contributed by atoms with Crippen molar-refractivity contribution in [2.24, 2.45) is 0 Å². The van der Waals surface area contributed by atoms with Crippen molar-refractivity contribution in [2.45, 2.75) is 102 Å². The molecule has 400 valence electrons. The minimum absolute atomic E-state index is 0.0960. The fourth-order valence-corrected chi connectivity index (χ4v) is 12.1. The molecule has 8 rings (SSSR count).